The molecule has 4 nitrogen and oxygen atoms in total. The summed E-state index contributed by atoms with van der Waals surface area (Å²) in [7, 11) is 0. The van der Waals surface area contributed by atoms with E-state index in [-0.39, 0.29) is 17.7 Å². The van der Waals surface area contributed by atoms with Crippen LogP contribution in [0.15, 0.2) is 42.5 Å². The second-order valence-corrected chi connectivity index (χ2v) is 5.68. The summed E-state index contributed by atoms with van der Waals surface area (Å²) in [5.41, 5.74) is 1.71. The number of aromatic carboxylic acids is 1. The largest absolute Gasteiger partial charge is 0.478 e. The minimum atomic E-state index is -1.14. The van der Waals surface area contributed by atoms with Crippen LogP contribution < -0.4 is 0 Å². The monoisotopic (exact) mass is 396 g/mol. The van der Waals surface area contributed by atoms with Crippen molar-refractivity contribution in [3.8, 4) is 0 Å². The number of hydrogen-bond donors (Lipinski definition) is 1. The minimum Gasteiger partial charge on any atom is -0.478 e. The second kappa shape index (κ2) is 6.71. The van der Waals surface area contributed by atoms with Crippen molar-refractivity contribution in [2.45, 2.75) is 13.5 Å². The number of aryl methyl sites for hydroxylation is 1. The molecule has 0 radical (unpaired) electrons. The Balaban J connectivity index is 2.22. The predicted octanol–water partition coefficient (Wildman–Crippen LogP) is 3.65. The van der Waals surface area contributed by atoms with Crippen LogP contribution >= 0.6 is 22.6 Å². The Bertz CT molecular complexity index is 680. The van der Waals surface area contributed by atoms with Crippen molar-refractivity contribution in [2.75, 3.05) is 0 Å². The van der Waals surface area contributed by atoms with Crippen LogP contribution in [0, 0.1) is 10.5 Å². The number of esters is 1. The second-order valence-electron chi connectivity index (χ2n) is 4.51. The van der Waals surface area contributed by atoms with E-state index in [0.29, 0.717) is 0 Å². The first-order chi connectivity index (χ1) is 9.99. The van der Waals surface area contributed by atoms with Gasteiger partial charge in [0.1, 0.15) is 6.61 Å². The SMILES string of the molecule is Cc1cc(C(=O)O)c(C(=O)OCc2ccccc2)cc1I. The van der Waals surface area contributed by atoms with Gasteiger partial charge in [0.05, 0.1) is 11.1 Å². The van der Waals surface area contributed by atoms with Gasteiger partial charge in [0.25, 0.3) is 0 Å². The zero-order valence-electron chi connectivity index (χ0n) is 11.3. The molecule has 2 aromatic carbocycles. The first kappa shape index (κ1) is 15.5. The molecule has 1 N–H and O–H groups in total. The van der Waals surface area contributed by atoms with Gasteiger partial charge in [-0.1, -0.05) is 30.3 Å². The molecule has 0 aliphatic heterocycles. The average Bonchev–Trinajstić information content (AvgIpc) is 2.48. The van der Waals surface area contributed by atoms with E-state index in [1.807, 2.05) is 30.3 Å². The van der Waals surface area contributed by atoms with Crippen molar-refractivity contribution >= 4 is 34.5 Å². The summed E-state index contributed by atoms with van der Waals surface area (Å²) >= 11 is 2.06. The van der Waals surface area contributed by atoms with Crippen LogP contribution in [-0.2, 0) is 11.3 Å². The summed E-state index contributed by atoms with van der Waals surface area (Å²) in [5, 5.41) is 9.20. The number of carboxylic acids is 1. The quantitative estimate of drug-likeness (QED) is 0.633. The Labute approximate surface area is 135 Å². The Morgan fingerprint density at radius 1 is 1.14 bits per heavy atom. The summed E-state index contributed by atoms with van der Waals surface area (Å²) in [4.78, 5) is 23.4. The van der Waals surface area contributed by atoms with Gasteiger partial charge < -0.3 is 9.84 Å². The van der Waals surface area contributed by atoms with E-state index in [9.17, 15) is 14.7 Å². The highest BCUT2D eigenvalue weighted by Gasteiger charge is 2.19. The topological polar surface area (TPSA) is 63.6 Å². The highest BCUT2D eigenvalue weighted by molar-refractivity contribution is 14.1. The molecule has 21 heavy (non-hydrogen) atoms. The fourth-order valence-corrected chi connectivity index (χ4v) is 2.30. The Kier molecular flexibility index (Phi) is 4.95. The third-order valence-corrected chi connectivity index (χ3v) is 4.12. The smallest absolute Gasteiger partial charge is 0.339 e. The zero-order valence-corrected chi connectivity index (χ0v) is 13.5. The number of carbonyl (C=O) groups excluding carboxylic acids is 1. The molecule has 0 fully saturated rings. The van der Waals surface area contributed by atoms with E-state index in [1.54, 1.807) is 13.0 Å². The fraction of sp³-hybridized carbons (Fsp3) is 0.125. The molecule has 0 heterocycles. The number of benzene rings is 2. The molecule has 0 bridgehead atoms. The molecule has 5 heteroatoms. The van der Waals surface area contributed by atoms with Gasteiger partial charge in [-0.2, -0.15) is 0 Å². The van der Waals surface area contributed by atoms with Gasteiger partial charge in [-0.05, 0) is 52.8 Å². The van der Waals surface area contributed by atoms with Crippen molar-refractivity contribution in [1.82, 2.24) is 0 Å². The maximum absolute atomic E-state index is 12.1. The standard InChI is InChI=1S/C16H13IO4/c1-10-7-12(15(18)19)13(8-14(10)17)16(20)21-9-11-5-3-2-4-6-11/h2-8H,9H2,1H3,(H,18,19). The van der Waals surface area contributed by atoms with Gasteiger partial charge in [-0.3, -0.25) is 0 Å². The molecule has 0 aromatic heterocycles. The van der Waals surface area contributed by atoms with Crippen molar-refractivity contribution in [2.24, 2.45) is 0 Å². The third kappa shape index (κ3) is 3.81. The maximum atomic E-state index is 12.1. The van der Waals surface area contributed by atoms with Gasteiger partial charge in [0.15, 0.2) is 0 Å². The summed E-state index contributed by atoms with van der Waals surface area (Å²) in [6, 6.07) is 12.3. The lowest BCUT2D eigenvalue weighted by molar-refractivity contribution is 0.0463. The van der Waals surface area contributed by atoms with E-state index in [1.165, 1.54) is 6.07 Å². The minimum absolute atomic E-state index is 0.0361. The zero-order chi connectivity index (χ0) is 15.4. The normalized spacial score (nSPS) is 10.2. The Hall–Kier alpha value is -1.89. The molecular formula is C16H13IO4. The van der Waals surface area contributed by atoms with Crippen LogP contribution in [0.4, 0.5) is 0 Å². The van der Waals surface area contributed by atoms with Crippen molar-refractivity contribution in [1.29, 1.82) is 0 Å². The molecule has 2 aromatic rings. The number of carboxylic acid groups (broad SMARTS) is 1. The molecular weight excluding hydrogens is 383 g/mol. The molecule has 0 amide bonds. The van der Waals surface area contributed by atoms with Gasteiger partial charge in [-0.15, -0.1) is 0 Å². The van der Waals surface area contributed by atoms with Crippen molar-refractivity contribution in [3.63, 3.8) is 0 Å². The summed E-state index contributed by atoms with van der Waals surface area (Å²) in [6.45, 7) is 1.91. The maximum Gasteiger partial charge on any atom is 0.339 e. The highest BCUT2D eigenvalue weighted by atomic mass is 127. The molecule has 0 unspecified atom stereocenters. The van der Waals surface area contributed by atoms with Crippen LogP contribution in [0.25, 0.3) is 0 Å². The van der Waals surface area contributed by atoms with Gasteiger partial charge in [0, 0.05) is 3.57 Å². The Morgan fingerprint density at radius 3 is 2.43 bits per heavy atom. The number of ether oxygens (including phenoxy) is 1. The van der Waals surface area contributed by atoms with E-state index < -0.39 is 11.9 Å². The van der Waals surface area contributed by atoms with Gasteiger partial charge >= 0.3 is 11.9 Å². The van der Waals surface area contributed by atoms with Crippen molar-refractivity contribution in [3.05, 3.63) is 68.3 Å². The van der Waals surface area contributed by atoms with Crippen LogP contribution in [0.3, 0.4) is 0 Å². The number of rotatable bonds is 4. The van der Waals surface area contributed by atoms with E-state index in [0.717, 1.165) is 14.7 Å². The average molecular weight is 396 g/mol. The van der Waals surface area contributed by atoms with Gasteiger partial charge in [-0.25, -0.2) is 9.59 Å². The molecule has 2 rings (SSSR count). The van der Waals surface area contributed by atoms with Gasteiger partial charge in [0.2, 0.25) is 0 Å². The first-order valence-electron chi connectivity index (χ1n) is 6.23. The molecule has 0 aliphatic carbocycles. The summed E-state index contributed by atoms with van der Waals surface area (Å²) < 4.78 is 6.02. The molecule has 0 atom stereocenters. The number of halogens is 1. The van der Waals surface area contributed by atoms with Crippen LogP contribution in [0.5, 0.6) is 0 Å². The van der Waals surface area contributed by atoms with Crippen LogP contribution in [0.2, 0.25) is 0 Å². The third-order valence-electron chi connectivity index (χ3n) is 2.96. The Morgan fingerprint density at radius 2 is 1.81 bits per heavy atom. The number of carbonyl (C=O) groups is 2. The highest BCUT2D eigenvalue weighted by Crippen LogP contribution is 2.20. The summed E-state index contributed by atoms with van der Waals surface area (Å²) in [5.74, 6) is -1.77. The van der Waals surface area contributed by atoms with Crippen LogP contribution in [0.1, 0.15) is 31.8 Å². The fourth-order valence-electron chi connectivity index (χ4n) is 1.83. The van der Waals surface area contributed by atoms with Crippen LogP contribution in [-0.4, -0.2) is 17.0 Å². The van der Waals surface area contributed by atoms with E-state index in [2.05, 4.69) is 22.6 Å². The lowest BCUT2D eigenvalue weighted by Gasteiger charge is -2.09. The summed E-state index contributed by atoms with van der Waals surface area (Å²) in [6.07, 6.45) is 0. The van der Waals surface area contributed by atoms with Crippen molar-refractivity contribution < 1.29 is 19.4 Å². The lowest BCUT2D eigenvalue weighted by atomic mass is 10.0. The molecule has 0 spiro atoms. The first-order valence-corrected chi connectivity index (χ1v) is 7.31. The van der Waals surface area contributed by atoms with E-state index in [4.69, 9.17) is 4.74 Å². The number of hydrogen-bond acceptors (Lipinski definition) is 3. The lowest BCUT2D eigenvalue weighted by Crippen LogP contribution is -2.12. The van der Waals surface area contributed by atoms with E-state index >= 15 is 0 Å². The predicted molar refractivity (Wildman–Crippen MR) is 86.4 cm³/mol. The molecule has 0 saturated heterocycles. The molecule has 0 aliphatic rings. The molecule has 108 valence electrons. The molecule has 0 saturated carbocycles.